The van der Waals surface area contributed by atoms with Gasteiger partial charge in [-0.05, 0) is 77.2 Å². The quantitative estimate of drug-likeness (QED) is 0.168. The van der Waals surface area contributed by atoms with Gasteiger partial charge in [-0.2, -0.15) is 4.80 Å². The lowest BCUT2D eigenvalue weighted by Gasteiger charge is -2.21. The lowest BCUT2D eigenvalue weighted by atomic mass is 10.0. The Kier molecular flexibility index (Phi) is 8.13. The number of nitrogens with zero attached hydrogens (tertiary/aromatic N) is 5. The van der Waals surface area contributed by atoms with Crippen LogP contribution in [0.1, 0.15) is 40.5 Å². The van der Waals surface area contributed by atoms with Crippen LogP contribution in [-0.2, 0) is 6.54 Å². The number of ether oxygens (including phenoxy) is 2. The number of tetrazole rings is 1. The number of hydrogen-bond donors (Lipinski definition) is 0. The average Bonchev–Trinajstić information content (AvgIpc) is 3.44. The molecule has 0 bridgehead atoms. The van der Waals surface area contributed by atoms with Crippen LogP contribution in [-0.4, -0.2) is 46.2 Å². The summed E-state index contributed by atoms with van der Waals surface area (Å²) < 4.78 is 12.5. The number of carbonyl (C=O) groups is 2. The van der Waals surface area contributed by atoms with Crippen LogP contribution in [0.15, 0.2) is 69.6 Å². The molecule has 0 aliphatic carbocycles. The van der Waals surface area contributed by atoms with Gasteiger partial charge >= 0.3 is 0 Å². The third kappa shape index (κ3) is 4.95. The standard InChI is InChI=1S/C29H25Br2N5O4/c1-4-5-14-35-33-29(32-34-35)36(27(37)21-15-17-10-6-8-12-19(17)23(30)25(21)39-2)28(38)22-16-18-11-7-9-13-20(18)24(31)26(22)40-3/h6-13,15-16H,4-5,14H2,1-3H3. The van der Waals surface area contributed by atoms with Crippen LogP contribution in [0.4, 0.5) is 5.95 Å². The molecule has 1 aromatic heterocycles. The number of halogens is 2. The predicted octanol–water partition coefficient (Wildman–Crippen LogP) is 6.81. The Morgan fingerprint density at radius 3 is 1.82 bits per heavy atom. The zero-order chi connectivity index (χ0) is 28.4. The topological polar surface area (TPSA) is 99.4 Å². The molecule has 1 heterocycles. The summed E-state index contributed by atoms with van der Waals surface area (Å²) in [5.74, 6) is -0.925. The van der Waals surface area contributed by atoms with Crippen molar-refractivity contribution in [3.63, 3.8) is 0 Å². The smallest absolute Gasteiger partial charge is 0.280 e. The SMILES string of the molecule is CCCCn1nnc(N(C(=O)c2cc3ccccc3c(Br)c2OC)C(=O)c2cc3ccccc3c(Br)c2OC)n1. The molecule has 4 aromatic carbocycles. The van der Waals surface area contributed by atoms with Crippen molar-refractivity contribution in [2.45, 2.75) is 26.3 Å². The summed E-state index contributed by atoms with van der Waals surface area (Å²) >= 11 is 7.17. The van der Waals surface area contributed by atoms with Gasteiger partial charge in [0.15, 0.2) is 0 Å². The van der Waals surface area contributed by atoms with E-state index in [1.54, 1.807) is 12.1 Å². The van der Waals surface area contributed by atoms with Crippen LogP contribution in [0, 0.1) is 0 Å². The number of anilines is 1. The molecular formula is C29H25Br2N5O4. The molecule has 40 heavy (non-hydrogen) atoms. The minimum absolute atomic E-state index is 0.149. The van der Waals surface area contributed by atoms with Crippen molar-refractivity contribution in [3.05, 3.63) is 80.7 Å². The van der Waals surface area contributed by atoms with Gasteiger partial charge in [0.25, 0.3) is 17.8 Å². The van der Waals surface area contributed by atoms with E-state index in [1.165, 1.54) is 19.0 Å². The number of methoxy groups -OCH3 is 2. The summed E-state index contributed by atoms with van der Waals surface area (Å²) in [6.07, 6.45) is 1.73. The zero-order valence-corrected chi connectivity index (χ0v) is 25.2. The number of carbonyl (C=O) groups excluding carboxylic acids is 2. The monoisotopic (exact) mass is 665 g/mol. The molecule has 0 atom stereocenters. The van der Waals surface area contributed by atoms with E-state index in [-0.39, 0.29) is 28.6 Å². The van der Waals surface area contributed by atoms with E-state index in [2.05, 4.69) is 47.3 Å². The van der Waals surface area contributed by atoms with E-state index in [0.29, 0.717) is 15.5 Å². The number of fused-ring (bicyclic) bond motifs is 2. The van der Waals surface area contributed by atoms with Crippen molar-refractivity contribution in [1.82, 2.24) is 20.2 Å². The maximum absolute atomic E-state index is 14.3. The summed E-state index contributed by atoms with van der Waals surface area (Å²) in [4.78, 5) is 31.0. The van der Waals surface area contributed by atoms with Crippen molar-refractivity contribution < 1.29 is 19.1 Å². The zero-order valence-electron chi connectivity index (χ0n) is 22.0. The molecule has 0 fully saturated rings. The molecule has 0 radical (unpaired) electrons. The number of amides is 2. The van der Waals surface area contributed by atoms with Gasteiger partial charge in [0, 0.05) is 0 Å². The van der Waals surface area contributed by atoms with Crippen molar-refractivity contribution in [1.29, 1.82) is 0 Å². The van der Waals surface area contributed by atoms with Crippen molar-refractivity contribution >= 4 is 71.2 Å². The molecule has 0 aliphatic heterocycles. The Hall–Kier alpha value is -3.83. The molecule has 5 rings (SSSR count). The largest absolute Gasteiger partial charge is 0.495 e. The average molecular weight is 667 g/mol. The summed E-state index contributed by atoms with van der Waals surface area (Å²) in [6.45, 7) is 2.54. The van der Waals surface area contributed by atoms with Crippen LogP contribution >= 0.6 is 31.9 Å². The Bertz CT molecular complexity index is 1650. The van der Waals surface area contributed by atoms with Gasteiger partial charge in [-0.25, -0.2) is 4.90 Å². The van der Waals surface area contributed by atoms with Crippen LogP contribution in [0.2, 0.25) is 0 Å². The number of rotatable bonds is 8. The number of unbranched alkanes of at least 4 members (excludes halogenated alkanes) is 1. The van der Waals surface area contributed by atoms with Gasteiger partial charge in [0.2, 0.25) is 0 Å². The Balaban J connectivity index is 1.71. The molecule has 9 nitrogen and oxygen atoms in total. The molecular weight excluding hydrogens is 642 g/mol. The van der Waals surface area contributed by atoms with Crippen LogP contribution < -0.4 is 14.4 Å². The third-order valence-corrected chi connectivity index (χ3v) is 8.09. The number of imide groups is 1. The minimum Gasteiger partial charge on any atom is -0.495 e. The highest BCUT2D eigenvalue weighted by Gasteiger charge is 2.35. The molecule has 0 aliphatic rings. The van der Waals surface area contributed by atoms with Gasteiger partial charge in [-0.1, -0.05) is 67.0 Å². The van der Waals surface area contributed by atoms with E-state index < -0.39 is 11.8 Å². The Labute approximate surface area is 247 Å². The number of benzene rings is 4. The predicted molar refractivity (Wildman–Crippen MR) is 160 cm³/mol. The normalized spacial score (nSPS) is 11.1. The lowest BCUT2D eigenvalue weighted by Crippen LogP contribution is -2.38. The molecule has 0 saturated carbocycles. The molecule has 5 aromatic rings. The van der Waals surface area contributed by atoms with E-state index in [1.807, 2.05) is 55.5 Å². The summed E-state index contributed by atoms with van der Waals surface area (Å²) in [7, 11) is 2.95. The van der Waals surface area contributed by atoms with E-state index in [9.17, 15) is 9.59 Å². The highest BCUT2D eigenvalue weighted by Crippen LogP contribution is 2.40. The number of aromatic nitrogens is 4. The van der Waals surface area contributed by atoms with E-state index in [0.717, 1.165) is 39.3 Å². The maximum atomic E-state index is 14.3. The van der Waals surface area contributed by atoms with Gasteiger partial charge in [0.05, 0.1) is 40.8 Å². The van der Waals surface area contributed by atoms with Crippen molar-refractivity contribution in [3.8, 4) is 11.5 Å². The molecule has 2 amide bonds. The van der Waals surface area contributed by atoms with Crippen molar-refractivity contribution in [2.75, 3.05) is 19.1 Å². The molecule has 0 N–H and O–H groups in total. The Morgan fingerprint density at radius 1 is 0.850 bits per heavy atom. The Morgan fingerprint density at radius 2 is 1.35 bits per heavy atom. The van der Waals surface area contributed by atoms with Crippen LogP contribution in [0.25, 0.3) is 21.5 Å². The fourth-order valence-corrected chi connectivity index (χ4v) is 5.99. The second-order valence-corrected chi connectivity index (χ2v) is 10.6. The van der Waals surface area contributed by atoms with Gasteiger partial charge in [-0.3, -0.25) is 9.59 Å². The van der Waals surface area contributed by atoms with E-state index >= 15 is 0 Å². The molecule has 0 spiro atoms. The third-order valence-electron chi connectivity index (χ3n) is 6.51. The number of aryl methyl sites for hydroxylation is 1. The second kappa shape index (κ2) is 11.7. The summed E-state index contributed by atoms with van der Waals surface area (Å²) in [6, 6.07) is 18.5. The van der Waals surface area contributed by atoms with Gasteiger partial charge < -0.3 is 9.47 Å². The fraction of sp³-hybridized carbons (Fsp3) is 0.207. The summed E-state index contributed by atoms with van der Waals surface area (Å²) in [5, 5.41) is 15.9. The van der Waals surface area contributed by atoms with Crippen LogP contribution in [0.3, 0.4) is 0 Å². The van der Waals surface area contributed by atoms with Gasteiger partial charge in [0.1, 0.15) is 11.5 Å². The highest BCUT2D eigenvalue weighted by atomic mass is 79.9. The molecule has 204 valence electrons. The van der Waals surface area contributed by atoms with Crippen LogP contribution in [0.5, 0.6) is 11.5 Å². The first-order valence-corrected chi connectivity index (χ1v) is 14.1. The maximum Gasteiger partial charge on any atom is 0.280 e. The fourth-order valence-electron chi connectivity index (χ4n) is 4.52. The molecule has 11 heteroatoms. The first-order valence-electron chi connectivity index (χ1n) is 12.6. The van der Waals surface area contributed by atoms with Crippen molar-refractivity contribution in [2.24, 2.45) is 0 Å². The lowest BCUT2D eigenvalue weighted by molar-refractivity contribution is 0.0892. The molecule has 0 saturated heterocycles. The second-order valence-electron chi connectivity index (χ2n) is 8.97. The molecule has 0 unspecified atom stereocenters. The number of hydrogen-bond acceptors (Lipinski definition) is 7. The van der Waals surface area contributed by atoms with Gasteiger partial charge in [-0.15, -0.1) is 5.10 Å². The first kappa shape index (κ1) is 27.7. The summed E-state index contributed by atoms with van der Waals surface area (Å²) in [5.41, 5.74) is 0.315. The highest BCUT2D eigenvalue weighted by molar-refractivity contribution is 9.11. The van der Waals surface area contributed by atoms with E-state index in [4.69, 9.17) is 9.47 Å². The first-order chi connectivity index (χ1) is 19.4. The minimum atomic E-state index is -0.672.